The van der Waals surface area contributed by atoms with Gasteiger partial charge in [0.1, 0.15) is 5.75 Å². The molecule has 0 saturated carbocycles. The second-order valence-electron chi connectivity index (χ2n) is 6.31. The summed E-state index contributed by atoms with van der Waals surface area (Å²) in [5, 5.41) is 19.1. The summed E-state index contributed by atoms with van der Waals surface area (Å²) in [5.41, 5.74) is 5.00. The zero-order valence-corrected chi connectivity index (χ0v) is 17.8. The van der Waals surface area contributed by atoms with Gasteiger partial charge in [-0.25, -0.2) is 5.43 Å². The summed E-state index contributed by atoms with van der Waals surface area (Å²) in [7, 11) is 1.59. The van der Waals surface area contributed by atoms with Gasteiger partial charge in [0, 0.05) is 18.3 Å². The normalized spacial score (nSPS) is 11.2. The van der Waals surface area contributed by atoms with Gasteiger partial charge in [-0.1, -0.05) is 12.1 Å². The number of benzene rings is 2. The number of carbonyl (C=O) groups is 1. The van der Waals surface area contributed by atoms with Crippen LogP contribution in [0.2, 0.25) is 0 Å². The Bertz CT molecular complexity index is 1090. The molecule has 0 radical (unpaired) electrons. The van der Waals surface area contributed by atoms with Gasteiger partial charge in [-0.05, 0) is 58.2 Å². The van der Waals surface area contributed by atoms with Gasteiger partial charge < -0.3 is 4.74 Å². The fourth-order valence-electron chi connectivity index (χ4n) is 2.63. The van der Waals surface area contributed by atoms with Crippen molar-refractivity contribution in [1.29, 1.82) is 0 Å². The lowest BCUT2D eigenvalue weighted by Crippen LogP contribution is -2.20. The molecule has 1 aromatic heterocycles. The molecule has 1 N–H and O–H groups in total. The molecule has 1 amide bonds. The van der Waals surface area contributed by atoms with Crippen LogP contribution in [0.3, 0.4) is 0 Å². The molecule has 9 nitrogen and oxygen atoms in total. The van der Waals surface area contributed by atoms with Crippen LogP contribution >= 0.6 is 15.9 Å². The van der Waals surface area contributed by atoms with E-state index in [2.05, 4.69) is 31.6 Å². The molecule has 3 aromatic rings. The van der Waals surface area contributed by atoms with Crippen molar-refractivity contribution in [2.75, 3.05) is 7.11 Å². The molecule has 2 aromatic carbocycles. The van der Waals surface area contributed by atoms with Gasteiger partial charge in [-0.3, -0.25) is 19.6 Å². The number of nitrogens with one attached hydrogen (secondary N) is 1. The number of rotatable bonds is 7. The monoisotopic (exact) mass is 471 g/mol. The molecule has 10 heteroatoms. The fourth-order valence-corrected chi connectivity index (χ4v) is 3.12. The molecule has 0 aliphatic heterocycles. The molecule has 0 fully saturated rings. The van der Waals surface area contributed by atoms with E-state index in [-0.39, 0.29) is 11.4 Å². The number of ether oxygens (including phenoxy) is 1. The smallest absolute Gasteiger partial charge is 0.293 e. The summed E-state index contributed by atoms with van der Waals surface area (Å²) in [6, 6.07) is 13.5. The van der Waals surface area contributed by atoms with Crippen molar-refractivity contribution in [3.05, 3.63) is 86.1 Å². The van der Waals surface area contributed by atoms with Crippen LogP contribution in [0.1, 0.15) is 28.5 Å². The Balaban J connectivity index is 1.67. The highest BCUT2D eigenvalue weighted by molar-refractivity contribution is 9.10. The minimum absolute atomic E-state index is 0.0190. The summed E-state index contributed by atoms with van der Waals surface area (Å²) in [6.07, 6.45) is 1.66. The number of non-ortho nitro benzene ring substituents is 1. The third-order valence-electron chi connectivity index (χ3n) is 4.26. The van der Waals surface area contributed by atoms with E-state index in [1.54, 1.807) is 37.0 Å². The highest BCUT2D eigenvalue weighted by atomic mass is 79.9. The van der Waals surface area contributed by atoms with Gasteiger partial charge in [0.15, 0.2) is 5.69 Å². The van der Waals surface area contributed by atoms with Crippen LogP contribution in [-0.4, -0.2) is 33.4 Å². The fraction of sp³-hybridized carbons (Fsp3) is 0.150. The van der Waals surface area contributed by atoms with Crippen LogP contribution in [-0.2, 0) is 6.54 Å². The van der Waals surface area contributed by atoms with Crippen LogP contribution < -0.4 is 10.2 Å². The largest absolute Gasteiger partial charge is 0.497 e. The number of nitro benzene ring substituents is 1. The first-order chi connectivity index (χ1) is 14.4. The first-order valence-electron chi connectivity index (χ1n) is 8.82. The van der Waals surface area contributed by atoms with Crippen molar-refractivity contribution in [2.24, 2.45) is 5.10 Å². The summed E-state index contributed by atoms with van der Waals surface area (Å²) < 4.78 is 7.21. The van der Waals surface area contributed by atoms with E-state index in [4.69, 9.17) is 4.74 Å². The average Bonchev–Trinajstić information content (AvgIpc) is 3.12. The van der Waals surface area contributed by atoms with Crippen molar-refractivity contribution in [2.45, 2.75) is 13.5 Å². The molecule has 154 valence electrons. The lowest BCUT2D eigenvalue weighted by Gasteiger charge is -2.04. The number of amides is 1. The topological polar surface area (TPSA) is 112 Å². The molecule has 0 aliphatic rings. The third-order valence-corrected chi connectivity index (χ3v) is 4.84. The van der Waals surface area contributed by atoms with E-state index < -0.39 is 10.8 Å². The molecule has 0 saturated heterocycles. The van der Waals surface area contributed by atoms with Gasteiger partial charge in [-0.15, -0.1) is 0 Å². The first-order valence-corrected chi connectivity index (χ1v) is 9.62. The molecular weight excluding hydrogens is 454 g/mol. The Kier molecular flexibility index (Phi) is 6.58. The van der Waals surface area contributed by atoms with Crippen LogP contribution in [0.25, 0.3) is 0 Å². The van der Waals surface area contributed by atoms with Crippen LogP contribution in [0.4, 0.5) is 5.69 Å². The summed E-state index contributed by atoms with van der Waals surface area (Å²) in [4.78, 5) is 22.8. The Morgan fingerprint density at radius 3 is 2.50 bits per heavy atom. The molecule has 0 atom stereocenters. The van der Waals surface area contributed by atoms with Gasteiger partial charge in [-0.2, -0.15) is 10.2 Å². The van der Waals surface area contributed by atoms with E-state index in [1.807, 2.05) is 24.3 Å². The lowest BCUT2D eigenvalue weighted by atomic mass is 10.1. The highest BCUT2D eigenvalue weighted by Gasteiger charge is 2.15. The molecule has 0 spiro atoms. The minimum atomic E-state index is -0.461. The number of hydrazone groups is 1. The molecule has 3 rings (SSSR count). The van der Waals surface area contributed by atoms with Crippen molar-refractivity contribution < 1.29 is 14.5 Å². The maximum Gasteiger partial charge on any atom is 0.293 e. The van der Waals surface area contributed by atoms with Crippen LogP contribution in [0.15, 0.2) is 64.3 Å². The van der Waals surface area contributed by atoms with Crippen molar-refractivity contribution in [1.82, 2.24) is 15.2 Å². The SMILES string of the molecule is COc1ccc(/C(C)=N\NC(=O)c2nn(Cc3ccc([N+](=O)[O-])cc3)cc2Br)cc1. The molecule has 30 heavy (non-hydrogen) atoms. The molecule has 1 heterocycles. The lowest BCUT2D eigenvalue weighted by molar-refractivity contribution is -0.384. The average molecular weight is 472 g/mol. The van der Waals surface area contributed by atoms with Crippen molar-refractivity contribution in [3.8, 4) is 5.75 Å². The maximum absolute atomic E-state index is 12.5. The minimum Gasteiger partial charge on any atom is -0.497 e. The van der Waals surface area contributed by atoms with E-state index in [0.717, 1.165) is 16.9 Å². The predicted octanol–water partition coefficient (Wildman–Crippen LogP) is 3.76. The zero-order chi connectivity index (χ0) is 21.7. The number of hydrogen-bond donors (Lipinski definition) is 1. The van der Waals surface area contributed by atoms with Gasteiger partial charge >= 0.3 is 0 Å². The number of nitrogens with zero attached hydrogens (tertiary/aromatic N) is 4. The van der Waals surface area contributed by atoms with Crippen LogP contribution in [0, 0.1) is 10.1 Å². The summed E-state index contributed by atoms with van der Waals surface area (Å²) in [6.45, 7) is 2.14. The number of halogens is 1. The maximum atomic E-state index is 12.5. The summed E-state index contributed by atoms with van der Waals surface area (Å²) >= 11 is 3.33. The first kappa shape index (κ1) is 21.2. The van der Waals surface area contributed by atoms with E-state index in [0.29, 0.717) is 16.7 Å². The van der Waals surface area contributed by atoms with E-state index in [1.165, 1.54) is 12.1 Å². The second kappa shape index (κ2) is 9.31. The van der Waals surface area contributed by atoms with Gasteiger partial charge in [0.2, 0.25) is 0 Å². The number of aromatic nitrogens is 2. The second-order valence-corrected chi connectivity index (χ2v) is 7.17. The van der Waals surface area contributed by atoms with Crippen molar-refractivity contribution in [3.63, 3.8) is 0 Å². The van der Waals surface area contributed by atoms with E-state index in [9.17, 15) is 14.9 Å². The van der Waals surface area contributed by atoms with Crippen LogP contribution in [0.5, 0.6) is 5.75 Å². The number of nitro groups is 1. The van der Waals surface area contributed by atoms with Gasteiger partial charge in [0.25, 0.3) is 11.6 Å². The third kappa shape index (κ3) is 5.09. The molecule has 0 aliphatic carbocycles. The quantitative estimate of drug-likeness (QED) is 0.320. The Morgan fingerprint density at radius 2 is 1.90 bits per heavy atom. The Hall–Kier alpha value is -3.53. The number of methoxy groups -OCH3 is 1. The number of hydrogen-bond acceptors (Lipinski definition) is 6. The number of carbonyl (C=O) groups excluding carboxylic acids is 1. The zero-order valence-electron chi connectivity index (χ0n) is 16.2. The Labute approximate surface area is 180 Å². The van der Waals surface area contributed by atoms with E-state index >= 15 is 0 Å². The Morgan fingerprint density at radius 1 is 1.23 bits per heavy atom. The summed E-state index contributed by atoms with van der Waals surface area (Å²) in [5.74, 6) is 0.273. The molecular formula is C20H18BrN5O4. The standard InChI is InChI=1S/C20H18BrN5O4/c1-13(15-5-9-17(30-2)10-6-15)22-23-20(27)19-18(21)12-25(24-19)11-14-3-7-16(8-4-14)26(28)29/h3-10,12H,11H2,1-2H3,(H,23,27)/b22-13-. The van der Waals surface area contributed by atoms with Crippen molar-refractivity contribution >= 4 is 33.2 Å². The van der Waals surface area contributed by atoms with Gasteiger partial charge in [0.05, 0.1) is 28.8 Å². The highest BCUT2D eigenvalue weighted by Crippen LogP contribution is 2.18. The predicted molar refractivity (Wildman–Crippen MR) is 115 cm³/mol. The molecule has 0 unspecified atom stereocenters. The molecule has 0 bridgehead atoms.